The Kier molecular flexibility index (Phi) is 8.23. The molecule has 1 unspecified atom stereocenters. The second kappa shape index (κ2) is 11.7. The van der Waals surface area contributed by atoms with Crippen LogP contribution in [0.1, 0.15) is 47.9 Å². The van der Waals surface area contributed by atoms with Gasteiger partial charge in [0, 0.05) is 24.7 Å². The predicted molar refractivity (Wildman–Crippen MR) is 143 cm³/mol. The highest BCUT2D eigenvalue weighted by Crippen LogP contribution is 2.27. The number of hydrogen-bond donors (Lipinski definition) is 2. The zero-order chi connectivity index (χ0) is 25.5. The Morgan fingerprint density at radius 2 is 1.69 bits per heavy atom. The summed E-state index contributed by atoms with van der Waals surface area (Å²) in [5.74, 6) is 0.757. The van der Waals surface area contributed by atoms with Gasteiger partial charge < -0.3 is 20.8 Å². The zero-order valence-electron chi connectivity index (χ0n) is 20.9. The first kappa shape index (κ1) is 25.3. The van der Waals surface area contributed by atoms with Crippen LogP contribution in [0.2, 0.25) is 0 Å². The van der Waals surface area contributed by atoms with Gasteiger partial charge in [-0.3, -0.25) is 14.8 Å². The minimum Gasteiger partial charge on any atom is -0.489 e. The number of nitrogens with one attached hydrogen (secondary N) is 1. The van der Waals surface area contributed by atoms with E-state index < -0.39 is 5.92 Å². The summed E-state index contributed by atoms with van der Waals surface area (Å²) in [4.78, 5) is 22.8. The third-order valence-corrected chi connectivity index (χ3v) is 6.44. The van der Waals surface area contributed by atoms with Gasteiger partial charge in [0.05, 0.1) is 31.3 Å². The summed E-state index contributed by atoms with van der Waals surface area (Å²) < 4.78 is 6.02. The monoisotopic (exact) mass is 483 g/mol. The number of hydrogen-bond acceptors (Lipinski definition) is 6. The van der Waals surface area contributed by atoms with Crippen molar-refractivity contribution in [3.63, 3.8) is 0 Å². The number of nitrogens with zero attached hydrogens (tertiary/aromatic N) is 3. The second-order valence-electron chi connectivity index (χ2n) is 9.23. The molecule has 7 heteroatoms. The van der Waals surface area contributed by atoms with Crippen LogP contribution in [0.3, 0.4) is 0 Å². The molecular formula is C29H33N5O2. The van der Waals surface area contributed by atoms with Crippen molar-refractivity contribution in [1.29, 1.82) is 5.41 Å². The van der Waals surface area contributed by atoms with E-state index in [2.05, 4.69) is 43.1 Å². The molecule has 3 aromatic rings. The molecule has 1 aliphatic heterocycles. The quantitative estimate of drug-likeness (QED) is 0.446. The van der Waals surface area contributed by atoms with Gasteiger partial charge in [0.2, 0.25) is 5.91 Å². The first-order chi connectivity index (χ1) is 17.5. The molecule has 3 N–H and O–H groups in total. The van der Waals surface area contributed by atoms with E-state index in [9.17, 15) is 4.79 Å². The lowest BCUT2D eigenvalue weighted by Gasteiger charge is -2.31. The van der Waals surface area contributed by atoms with E-state index in [1.165, 1.54) is 5.56 Å². The summed E-state index contributed by atoms with van der Waals surface area (Å²) in [5.41, 5.74) is 10.9. The number of pyridine rings is 1. The maximum atomic E-state index is 12.3. The SMILES string of the molecule is CC(C)c1ccc(COc2ccc(C(C(=N)c3ccncc3)C3=NCCN(C(=O)CN)C3)cc2)cc1. The minimum atomic E-state index is -0.390. The van der Waals surface area contributed by atoms with Gasteiger partial charge in [-0.05, 0) is 52.4 Å². The summed E-state index contributed by atoms with van der Waals surface area (Å²) >= 11 is 0. The van der Waals surface area contributed by atoms with Crippen molar-refractivity contribution in [3.05, 3.63) is 95.3 Å². The van der Waals surface area contributed by atoms with Gasteiger partial charge in [-0.1, -0.05) is 50.2 Å². The highest BCUT2D eigenvalue weighted by molar-refractivity contribution is 6.18. The van der Waals surface area contributed by atoms with Crippen LogP contribution in [0.15, 0.2) is 78.0 Å². The molecule has 1 aliphatic rings. The van der Waals surface area contributed by atoms with Gasteiger partial charge in [-0.2, -0.15) is 0 Å². The standard InChI is InChI=1S/C29H33N5O2/c1-20(2)22-5-3-21(4-6-22)19-36-25-9-7-23(8-10-25)28(29(31)24-11-13-32-14-12-24)26-18-34(16-15-33-26)27(35)17-30/h3-14,20,28,31H,15-19,30H2,1-2H3. The molecule has 2 aromatic carbocycles. The zero-order valence-corrected chi connectivity index (χ0v) is 20.9. The molecule has 0 saturated heterocycles. The molecule has 0 spiro atoms. The highest BCUT2D eigenvalue weighted by atomic mass is 16.5. The van der Waals surface area contributed by atoms with E-state index in [0.717, 1.165) is 28.2 Å². The minimum absolute atomic E-state index is 0.0357. The van der Waals surface area contributed by atoms with Crippen LogP contribution in [-0.4, -0.2) is 53.4 Å². The van der Waals surface area contributed by atoms with E-state index in [-0.39, 0.29) is 12.5 Å². The molecule has 1 amide bonds. The lowest BCUT2D eigenvalue weighted by Crippen LogP contribution is -2.46. The number of carbonyl (C=O) groups is 1. The van der Waals surface area contributed by atoms with Crippen molar-refractivity contribution in [2.45, 2.75) is 32.3 Å². The molecule has 1 atom stereocenters. The highest BCUT2D eigenvalue weighted by Gasteiger charge is 2.29. The molecule has 7 nitrogen and oxygen atoms in total. The van der Waals surface area contributed by atoms with Gasteiger partial charge in [-0.25, -0.2) is 0 Å². The van der Waals surface area contributed by atoms with E-state index in [1.54, 1.807) is 17.3 Å². The van der Waals surface area contributed by atoms with Gasteiger partial charge in [0.15, 0.2) is 0 Å². The van der Waals surface area contributed by atoms with Crippen molar-refractivity contribution in [2.24, 2.45) is 10.7 Å². The van der Waals surface area contributed by atoms with Gasteiger partial charge in [-0.15, -0.1) is 0 Å². The Labute approximate surface area is 212 Å². The summed E-state index contributed by atoms with van der Waals surface area (Å²) in [6, 6.07) is 19.9. The third-order valence-electron chi connectivity index (χ3n) is 6.44. The molecule has 0 radical (unpaired) electrons. The van der Waals surface area contributed by atoms with Gasteiger partial charge in [0.1, 0.15) is 12.4 Å². The second-order valence-corrected chi connectivity index (χ2v) is 9.23. The average molecular weight is 484 g/mol. The molecule has 2 heterocycles. The molecule has 0 saturated carbocycles. The van der Waals surface area contributed by atoms with Gasteiger partial charge >= 0.3 is 0 Å². The summed E-state index contributed by atoms with van der Waals surface area (Å²) in [5, 5.41) is 9.01. The van der Waals surface area contributed by atoms with Crippen LogP contribution in [0.5, 0.6) is 5.75 Å². The number of aromatic nitrogens is 1. The number of nitrogens with two attached hydrogens (primary N) is 1. The maximum absolute atomic E-state index is 12.3. The number of aliphatic imine (C=N–C) groups is 1. The fraction of sp³-hybridized carbons (Fsp3) is 0.310. The summed E-state index contributed by atoms with van der Waals surface area (Å²) in [6.45, 7) is 6.21. The van der Waals surface area contributed by atoms with E-state index in [1.807, 2.05) is 36.4 Å². The van der Waals surface area contributed by atoms with Crippen molar-refractivity contribution >= 4 is 17.3 Å². The fourth-order valence-corrected chi connectivity index (χ4v) is 4.31. The first-order valence-corrected chi connectivity index (χ1v) is 12.3. The van der Waals surface area contributed by atoms with Crippen molar-refractivity contribution in [2.75, 3.05) is 26.2 Å². The van der Waals surface area contributed by atoms with E-state index in [0.29, 0.717) is 37.9 Å². The Morgan fingerprint density at radius 3 is 2.33 bits per heavy atom. The molecule has 186 valence electrons. The smallest absolute Gasteiger partial charge is 0.236 e. The summed E-state index contributed by atoms with van der Waals surface area (Å²) in [6.07, 6.45) is 3.36. The maximum Gasteiger partial charge on any atom is 0.236 e. The molecule has 1 aromatic heterocycles. The van der Waals surface area contributed by atoms with Crippen molar-refractivity contribution in [3.8, 4) is 5.75 Å². The Balaban J connectivity index is 1.54. The number of ether oxygens (including phenoxy) is 1. The van der Waals surface area contributed by atoms with Crippen LogP contribution in [0.25, 0.3) is 0 Å². The van der Waals surface area contributed by atoms with Crippen LogP contribution in [0.4, 0.5) is 0 Å². The Hall–Kier alpha value is -3.84. The number of benzene rings is 2. The molecule has 36 heavy (non-hydrogen) atoms. The van der Waals surface area contributed by atoms with Crippen molar-refractivity contribution in [1.82, 2.24) is 9.88 Å². The molecular weight excluding hydrogens is 450 g/mol. The molecule has 0 bridgehead atoms. The van der Waals surface area contributed by atoms with Gasteiger partial charge in [0.25, 0.3) is 0 Å². The lowest BCUT2D eigenvalue weighted by molar-refractivity contribution is -0.129. The van der Waals surface area contributed by atoms with Crippen LogP contribution >= 0.6 is 0 Å². The third kappa shape index (κ3) is 6.04. The predicted octanol–water partition coefficient (Wildman–Crippen LogP) is 4.18. The summed E-state index contributed by atoms with van der Waals surface area (Å²) in [7, 11) is 0. The average Bonchev–Trinajstić information content (AvgIpc) is 2.93. The number of amides is 1. The lowest BCUT2D eigenvalue weighted by atomic mass is 9.85. The normalized spacial score (nSPS) is 14.3. The largest absolute Gasteiger partial charge is 0.489 e. The Morgan fingerprint density at radius 1 is 1.03 bits per heavy atom. The number of rotatable bonds is 9. The topological polar surface area (TPSA) is 105 Å². The Bertz CT molecular complexity index is 1200. The molecule has 4 rings (SSSR count). The molecule has 0 fully saturated rings. The van der Waals surface area contributed by atoms with Crippen LogP contribution in [-0.2, 0) is 11.4 Å². The van der Waals surface area contributed by atoms with Crippen LogP contribution < -0.4 is 10.5 Å². The van der Waals surface area contributed by atoms with E-state index in [4.69, 9.17) is 20.9 Å². The first-order valence-electron chi connectivity index (χ1n) is 12.3. The molecule has 0 aliphatic carbocycles. The fourth-order valence-electron chi connectivity index (χ4n) is 4.31. The van der Waals surface area contributed by atoms with Crippen molar-refractivity contribution < 1.29 is 9.53 Å². The number of carbonyl (C=O) groups excluding carboxylic acids is 1. The van der Waals surface area contributed by atoms with E-state index >= 15 is 0 Å². The van der Waals surface area contributed by atoms with Crippen LogP contribution in [0, 0.1) is 5.41 Å².